The van der Waals surface area contributed by atoms with Crippen molar-refractivity contribution in [1.29, 1.82) is 0 Å². The van der Waals surface area contributed by atoms with Crippen molar-refractivity contribution in [3.05, 3.63) is 35.1 Å². The van der Waals surface area contributed by atoms with Gasteiger partial charge in [0.2, 0.25) is 0 Å². The maximum atomic E-state index is 12.2. The molecule has 1 heterocycles. The number of carbonyl (C=O) groups excluding carboxylic acids is 1. The number of nitrogens with zero attached hydrogens (tertiary/aromatic N) is 1. The summed E-state index contributed by atoms with van der Waals surface area (Å²) in [4.78, 5) is 13.7. The smallest absolute Gasteiger partial charge is 0.289 e. The second kappa shape index (κ2) is 5.05. The van der Waals surface area contributed by atoms with Crippen LogP contribution < -0.4 is 0 Å². The van der Waals surface area contributed by atoms with E-state index in [0.717, 1.165) is 16.5 Å². The molecule has 0 bridgehead atoms. The summed E-state index contributed by atoms with van der Waals surface area (Å²) in [5, 5.41) is 10.0. The first-order chi connectivity index (χ1) is 8.93. The van der Waals surface area contributed by atoms with Gasteiger partial charge in [0, 0.05) is 12.4 Å². The predicted octanol–water partition coefficient (Wildman–Crippen LogP) is 2.50. The summed E-state index contributed by atoms with van der Waals surface area (Å²) < 4.78 is 5.61. The normalized spacial score (nSPS) is 12.7. The average molecular weight is 261 g/mol. The Morgan fingerprint density at radius 1 is 1.32 bits per heavy atom. The quantitative estimate of drug-likeness (QED) is 0.923. The molecule has 1 aromatic carbocycles. The van der Waals surface area contributed by atoms with Crippen LogP contribution in [-0.4, -0.2) is 35.6 Å². The van der Waals surface area contributed by atoms with E-state index in [-0.39, 0.29) is 18.6 Å². The monoisotopic (exact) mass is 261 g/mol. The maximum absolute atomic E-state index is 12.2. The van der Waals surface area contributed by atoms with E-state index in [4.69, 9.17) is 9.52 Å². The summed E-state index contributed by atoms with van der Waals surface area (Å²) in [6, 6.07) is 5.48. The van der Waals surface area contributed by atoms with Gasteiger partial charge in [-0.05, 0) is 50.1 Å². The number of furan rings is 1. The lowest BCUT2D eigenvalue weighted by molar-refractivity contribution is 0.0653. The Morgan fingerprint density at radius 2 is 1.95 bits per heavy atom. The van der Waals surface area contributed by atoms with Crippen LogP contribution >= 0.6 is 0 Å². The van der Waals surface area contributed by atoms with Crippen LogP contribution in [0, 0.1) is 13.8 Å². The molecule has 1 unspecified atom stereocenters. The molecule has 0 aliphatic rings. The minimum absolute atomic E-state index is 0.0688. The van der Waals surface area contributed by atoms with Crippen molar-refractivity contribution in [1.82, 2.24) is 4.90 Å². The number of hydrogen-bond donors (Lipinski definition) is 1. The van der Waals surface area contributed by atoms with Crippen LogP contribution in [0.2, 0.25) is 0 Å². The van der Waals surface area contributed by atoms with Crippen LogP contribution in [0.25, 0.3) is 11.0 Å². The number of likely N-dealkylation sites (N-methyl/N-ethyl adjacent to an activating group) is 1. The number of fused-ring (bicyclic) bond motifs is 1. The van der Waals surface area contributed by atoms with Gasteiger partial charge in [0.05, 0.1) is 12.6 Å². The van der Waals surface area contributed by atoms with Gasteiger partial charge in [-0.3, -0.25) is 4.79 Å². The highest BCUT2D eigenvalue weighted by molar-refractivity contribution is 5.96. The zero-order chi connectivity index (χ0) is 14.2. The standard InChI is InChI=1S/C15H19NO3/c1-9-5-12-7-14(19-13(12)6-10(9)2)15(18)16(4)11(3)8-17/h5-7,11,17H,8H2,1-4H3. The molecular weight excluding hydrogens is 242 g/mol. The molecule has 1 amide bonds. The highest BCUT2D eigenvalue weighted by Crippen LogP contribution is 2.24. The molecule has 0 aliphatic heterocycles. The first-order valence-electron chi connectivity index (χ1n) is 6.33. The minimum atomic E-state index is -0.232. The molecule has 19 heavy (non-hydrogen) atoms. The fourth-order valence-corrected chi connectivity index (χ4v) is 1.90. The summed E-state index contributed by atoms with van der Waals surface area (Å²) in [7, 11) is 1.66. The van der Waals surface area contributed by atoms with Crippen LogP contribution in [0.3, 0.4) is 0 Å². The van der Waals surface area contributed by atoms with Gasteiger partial charge in [-0.25, -0.2) is 0 Å². The Bertz CT molecular complexity index is 576. The summed E-state index contributed by atoms with van der Waals surface area (Å²) in [5.41, 5.74) is 3.03. The second-order valence-corrected chi connectivity index (χ2v) is 5.03. The molecule has 0 aliphatic carbocycles. The Morgan fingerprint density at radius 3 is 2.58 bits per heavy atom. The molecule has 102 valence electrons. The van der Waals surface area contributed by atoms with Crippen LogP contribution in [0.4, 0.5) is 0 Å². The number of rotatable bonds is 3. The highest BCUT2D eigenvalue weighted by Gasteiger charge is 2.20. The van der Waals surface area contributed by atoms with E-state index in [0.29, 0.717) is 5.76 Å². The van der Waals surface area contributed by atoms with Crippen molar-refractivity contribution >= 4 is 16.9 Å². The number of benzene rings is 1. The molecule has 0 saturated heterocycles. The van der Waals surface area contributed by atoms with E-state index in [2.05, 4.69) is 0 Å². The van der Waals surface area contributed by atoms with E-state index in [1.807, 2.05) is 26.0 Å². The summed E-state index contributed by atoms with van der Waals surface area (Å²) >= 11 is 0. The van der Waals surface area contributed by atoms with Gasteiger partial charge in [-0.1, -0.05) is 0 Å². The van der Waals surface area contributed by atoms with Crippen LogP contribution in [0.5, 0.6) is 0 Å². The molecule has 0 fully saturated rings. The van der Waals surface area contributed by atoms with E-state index < -0.39 is 0 Å². The van der Waals surface area contributed by atoms with Crippen molar-refractivity contribution in [2.75, 3.05) is 13.7 Å². The molecule has 0 spiro atoms. The summed E-state index contributed by atoms with van der Waals surface area (Å²) in [6.45, 7) is 5.76. The molecule has 2 aromatic rings. The lowest BCUT2D eigenvalue weighted by atomic mass is 10.1. The molecule has 0 radical (unpaired) electrons. The molecule has 2 rings (SSSR count). The SMILES string of the molecule is Cc1cc2cc(C(=O)N(C)C(C)CO)oc2cc1C. The largest absolute Gasteiger partial charge is 0.451 e. The molecule has 1 atom stereocenters. The van der Waals surface area contributed by atoms with E-state index >= 15 is 0 Å². The highest BCUT2D eigenvalue weighted by atomic mass is 16.3. The Hall–Kier alpha value is -1.81. The van der Waals surface area contributed by atoms with Crippen molar-refractivity contribution in [2.45, 2.75) is 26.8 Å². The zero-order valence-electron chi connectivity index (χ0n) is 11.7. The van der Waals surface area contributed by atoms with Crippen molar-refractivity contribution in [3.63, 3.8) is 0 Å². The summed E-state index contributed by atoms with van der Waals surface area (Å²) in [6.07, 6.45) is 0. The predicted molar refractivity (Wildman–Crippen MR) is 74.3 cm³/mol. The topological polar surface area (TPSA) is 53.7 Å². The zero-order valence-corrected chi connectivity index (χ0v) is 11.7. The molecule has 4 nitrogen and oxygen atoms in total. The van der Waals surface area contributed by atoms with Crippen LogP contribution in [-0.2, 0) is 0 Å². The fourth-order valence-electron chi connectivity index (χ4n) is 1.90. The molecule has 4 heteroatoms. The number of carbonyl (C=O) groups is 1. The maximum Gasteiger partial charge on any atom is 0.289 e. The first kappa shape index (κ1) is 13.6. The van der Waals surface area contributed by atoms with Gasteiger partial charge in [0.15, 0.2) is 5.76 Å². The number of aliphatic hydroxyl groups excluding tert-OH is 1. The lowest BCUT2D eigenvalue weighted by Gasteiger charge is -2.21. The van der Waals surface area contributed by atoms with Crippen molar-refractivity contribution in [3.8, 4) is 0 Å². The molecule has 1 aromatic heterocycles. The van der Waals surface area contributed by atoms with Crippen molar-refractivity contribution < 1.29 is 14.3 Å². The third kappa shape index (κ3) is 2.49. The minimum Gasteiger partial charge on any atom is -0.451 e. The Balaban J connectivity index is 2.38. The van der Waals surface area contributed by atoms with Gasteiger partial charge < -0.3 is 14.4 Å². The fraction of sp³-hybridized carbons (Fsp3) is 0.400. The van der Waals surface area contributed by atoms with Gasteiger partial charge in [0.1, 0.15) is 5.58 Å². The lowest BCUT2D eigenvalue weighted by Crippen LogP contribution is -2.37. The Labute approximate surface area is 112 Å². The number of aryl methyl sites for hydroxylation is 2. The van der Waals surface area contributed by atoms with Gasteiger partial charge in [-0.2, -0.15) is 0 Å². The molecule has 0 saturated carbocycles. The molecular formula is C15H19NO3. The van der Waals surface area contributed by atoms with Crippen molar-refractivity contribution in [2.24, 2.45) is 0 Å². The molecule has 1 N–H and O–H groups in total. The summed E-state index contributed by atoms with van der Waals surface area (Å²) in [5.74, 6) is 0.0934. The van der Waals surface area contributed by atoms with E-state index in [1.54, 1.807) is 20.0 Å². The van der Waals surface area contributed by atoms with Gasteiger partial charge >= 0.3 is 0 Å². The third-order valence-electron chi connectivity index (χ3n) is 3.59. The van der Waals surface area contributed by atoms with E-state index in [1.165, 1.54) is 10.5 Å². The van der Waals surface area contributed by atoms with E-state index in [9.17, 15) is 4.79 Å². The Kier molecular flexibility index (Phi) is 3.62. The second-order valence-electron chi connectivity index (χ2n) is 5.03. The van der Waals surface area contributed by atoms with Crippen LogP contribution in [0.15, 0.2) is 22.6 Å². The number of hydrogen-bond acceptors (Lipinski definition) is 3. The van der Waals surface area contributed by atoms with Gasteiger partial charge in [0.25, 0.3) is 5.91 Å². The van der Waals surface area contributed by atoms with Crippen LogP contribution in [0.1, 0.15) is 28.6 Å². The number of aliphatic hydroxyl groups is 1. The third-order valence-corrected chi connectivity index (χ3v) is 3.59. The van der Waals surface area contributed by atoms with Gasteiger partial charge in [-0.15, -0.1) is 0 Å². The average Bonchev–Trinajstić information content (AvgIpc) is 2.79. The number of amides is 1. The first-order valence-corrected chi connectivity index (χ1v) is 6.33.